The molecule has 1 aliphatic heterocycles. The fraction of sp³-hybridized carbons (Fsp3) is 0.316. The molecule has 3 amide bonds. The van der Waals surface area contributed by atoms with E-state index in [1.165, 1.54) is 0 Å². The van der Waals surface area contributed by atoms with Crippen molar-refractivity contribution in [2.24, 2.45) is 0 Å². The van der Waals surface area contributed by atoms with Crippen LogP contribution in [0.3, 0.4) is 0 Å². The number of hydrogen-bond acceptors (Lipinski definition) is 3. The minimum atomic E-state index is -0.422. The molecule has 3 rings (SSSR count). The highest BCUT2D eigenvalue weighted by Crippen LogP contribution is 2.24. The highest BCUT2D eigenvalue weighted by atomic mass is 16.2. The normalized spacial score (nSPS) is 16.8. The molecule has 25 heavy (non-hydrogen) atoms. The van der Waals surface area contributed by atoms with Gasteiger partial charge in [0.25, 0.3) is 0 Å². The highest BCUT2D eigenvalue weighted by molar-refractivity contribution is 6.01. The van der Waals surface area contributed by atoms with Crippen LogP contribution in [0.5, 0.6) is 0 Å². The molecule has 1 unspecified atom stereocenters. The molecule has 1 aromatic heterocycles. The standard InChI is InChI=1S/C19H22N4O2/c1-2-22(19(25)21-14-15-8-6-7-12-20-15)17-11-13-23(18(17)24)16-9-4-3-5-10-16/h3-10,12,17H,2,11,13-14H2,1H3,(H,21,25). The molecule has 0 bridgehead atoms. The summed E-state index contributed by atoms with van der Waals surface area (Å²) in [4.78, 5) is 32.9. The van der Waals surface area contributed by atoms with Crippen LogP contribution in [0.4, 0.5) is 10.5 Å². The molecular formula is C19H22N4O2. The number of para-hydroxylation sites is 1. The first-order valence-electron chi connectivity index (χ1n) is 8.51. The van der Waals surface area contributed by atoms with Gasteiger partial charge in [-0.25, -0.2) is 4.79 Å². The number of nitrogens with zero attached hydrogens (tertiary/aromatic N) is 3. The van der Waals surface area contributed by atoms with E-state index in [9.17, 15) is 9.59 Å². The van der Waals surface area contributed by atoms with Crippen LogP contribution < -0.4 is 10.2 Å². The molecule has 0 aliphatic carbocycles. The van der Waals surface area contributed by atoms with E-state index < -0.39 is 6.04 Å². The smallest absolute Gasteiger partial charge is 0.318 e. The molecule has 2 heterocycles. The molecule has 1 atom stereocenters. The Morgan fingerprint density at radius 1 is 1.24 bits per heavy atom. The van der Waals surface area contributed by atoms with Gasteiger partial charge in [-0.05, 0) is 37.6 Å². The van der Waals surface area contributed by atoms with E-state index in [0.717, 1.165) is 11.4 Å². The first-order chi connectivity index (χ1) is 12.2. The average molecular weight is 338 g/mol. The summed E-state index contributed by atoms with van der Waals surface area (Å²) in [5.74, 6) is -0.0268. The summed E-state index contributed by atoms with van der Waals surface area (Å²) in [7, 11) is 0. The molecule has 0 saturated carbocycles. The number of anilines is 1. The average Bonchev–Trinajstić information content (AvgIpc) is 3.04. The zero-order valence-corrected chi connectivity index (χ0v) is 14.3. The van der Waals surface area contributed by atoms with Crippen LogP contribution in [-0.2, 0) is 11.3 Å². The van der Waals surface area contributed by atoms with Crippen LogP contribution in [0.1, 0.15) is 19.0 Å². The Morgan fingerprint density at radius 3 is 2.68 bits per heavy atom. The Labute approximate surface area is 147 Å². The second kappa shape index (κ2) is 7.79. The van der Waals surface area contributed by atoms with Gasteiger partial charge in [-0.2, -0.15) is 0 Å². The van der Waals surface area contributed by atoms with Crippen LogP contribution >= 0.6 is 0 Å². The molecule has 2 aromatic rings. The summed E-state index contributed by atoms with van der Waals surface area (Å²) < 4.78 is 0. The predicted molar refractivity (Wildman–Crippen MR) is 96.1 cm³/mol. The summed E-state index contributed by atoms with van der Waals surface area (Å²) >= 11 is 0. The Balaban J connectivity index is 1.64. The summed E-state index contributed by atoms with van der Waals surface area (Å²) in [5, 5.41) is 2.86. The van der Waals surface area contributed by atoms with Gasteiger partial charge in [0.2, 0.25) is 5.91 Å². The fourth-order valence-corrected chi connectivity index (χ4v) is 3.09. The van der Waals surface area contributed by atoms with Gasteiger partial charge < -0.3 is 15.1 Å². The van der Waals surface area contributed by atoms with Crippen molar-refractivity contribution in [2.45, 2.75) is 25.9 Å². The number of carbonyl (C=O) groups excluding carboxylic acids is 2. The SMILES string of the molecule is CCN(C(=O)NCc1ccccn1)C1CCN(c2ccccc2)C1=O. The van der Waals surface area contributed by atoms with E-state index >= 15 is 0 Å². The van der Waals surface area contributed by atoms with Crippen molar-refractivity contribution in [3.8, 4) is 0 Å². The maximum absolute atomic E-state index is 12.8. The van der Waals surface area contributed by atoms with Gasteiger partial charge in [-0.3, -0.25) is 9.78 Å². The number of carbonyl (C=O) groups is 2. The third-order valence-electron chi connectivity index (χ3n) is 4.37. The maximum atomic E-state index is 12.8. The Kier molecular flexibility index (Phi) is 5.28. The largest absolute Gasteiger partial charge is 0.332 e. The first kappa shape index (κ1) is 17.0. The summed E-state index contributed by atoms with van der Waals surface area (Å²) in [6, 6.07) is 14.5. The van der Waals surface area contributed by atoms with E-state index in [4.69, 9.17) is 0 Å². The van der Waals surface area contributed by atoms with Gasteiger partial charge in [-0.15, -0.1) is 0 Å². The lowest BCUT2D eigenvalue weighted by molar-refractivity contribution is -0.120. The lowest BCUT2D eigenvalue weighted by Gasteiger charge is -2.27. The maximum Gasteiger partial charge on any atom is 0.318 e. The molecule has 6 heteroatoms. The molecule has 1 N–H and O–H groups in total. The number of likely N-dealkylation sites (N-methyl/N-ethyl adjacent to an activating group) is 1. The van der Waals surface area contributed by atoms with E-state index in [2.05, 4.69) is 10.3 Å². The zero-order valence-electron chi connectivity index (χ0n) is 14.3. The number of benzene rings is 1. The monoisotopic (exact) mass is 338 g/mol. The summed E-state index contributed by atoms with van der Waals surface area (Å²) in [5.41, 5.74) is 1.66. The molecule has 0 spiro atoms. The number of pyridine rings is 1. The minimum Gasteiger partial charge on any atom is -0.332 e. The third kappa shape index (κ3) is 3.79. The summed E-state index contributed by atoms with van der Waals surface area (Å²) in [6.07, 6.45) is 2.33. The Hall–Kier alpha value is -2.89. The third-order valence-corrected chi connectivity index (χ3v) is 4.37. The summed E-state index contributed by atoms with van der Waals surface area (Å²) in [6.45, 7) is 3.34. The van der Waals surface area contributed by atoms with E-state index in [-0.39, 0.29) is 11.9 Å². The number of rotatable bonds is 5. The highest BCUT2D eigenvalue weighted by Gasteiger charge is 2.38. The molecule has 1 saturated heterocycles. The van der Waals surface area contributed by atoms with Crippen LogP contribution in [0, 0.1) is 0 Å². The van der Waals surface area contributed by atoms with Crippen LogP contribution in [0.25, 0.3) is 0 Å². The van der Waals surface area contributed by atoms with Crippen molar-refractivity contribution in [1.29, 1.82) is 0 Å². The first-order valence-corrected chi connectivity index (χ1v) is 8.51. The van der Waals surface area contributed by atoms with Crippen LogP contribution in [-0.4, -0.2) is 41.0 Å². The molecule has 0 radical (unpaired) electrons. The van der Waals surface area contributed by atoms with Gasteiger partial charge in [0.05, 0.1) is 12.2 Å². The van der Waals surface area contributed by atoms with Crippen molar-refractivity contribution in [3.63, 3.8) is 0 Å². The number of aromatic nitrogens is 1. The fourth-order valence-electron chi connectivity index (χ4n) is 3.09. The molecular weight excluding hydrogens is 316 g/mol. The quantitative estimate of drug-likeness (QED) is 0.910. The number of urea groups is 1. The number of hydrogen-bond donors (Lipinski definition) is 1. The van der Waals surface area contributed by atoms with Gasteiger partial charge in [-0.1, -0.05) is 24.3 Å². The van der Waals surface area contributed by atoms with Gasteiger partial charge in [0.15, 0.2) is 0 Å². The van der Waals surface area contributed by atoms with Crippen molar-refractivity contribution < 1.29 is 9.59 Å². The van der Waals surface area contributed by atoms with E-state index in [1.807, 2.05) is 55.5 Å². The van der Waals surface area contributed by atoms with Crippen molar-refractivity contribution >= 4 is 17.6 Å². The number of nitrogens with one attached hydrogen (secondary N) is 1. The van der Waals surface area contributed by atoms with Crippen LogP contribution in [0.15, 0.2) is 54.7 Å². The lowest BCUT2D eigenvalue weighted by Crippen LogP contribution is -2.49. The molecule has 130 valence electrons. The Morgan fingerprint density at radius 2 is 2.00 bits per heavy atom. The van der Waals surface area contributed by atoms with Gasteiger partial charge in [0, 0.05) is 25.0 Å². The van der Waals surface area contributed by atoms with Crippen molar-refractivity contribution in [1.82, 2.24) is 15.2 Å². The van der Waals surface area contributed by atoms with Gasteiger partial charge in [0.1, 0.15) is 6.04 Å². The Bertz CT molecular complexity index is 721. The topological polar surface area (TPSA) is 65.5 Å². The van der Waals surface area contributed by atoms with E-state index in [0.29, 0.717) is 26.1 Å². The second-order valence-corrected chi connectivity index (χ2v) is 5.90. The second-order valence-electron chi connectivity index (χ2n) is 5.90. The van der Waals surface area contributed by atoms with Crippen LogP contribution in [0.2, 0.25) is 0 Å². The van der Waals surface area contributed by atoms with Crippen molar-refractivity contribution in [2.75, 3.05) is 18.0 Å². The van der Waals surface area contributed by atoms with Gasteiger partial charge >= 0.3 is 6.03 Å². The predicted octanol–water partition coefficient (Wildman–Crippen LogP) is 2.42. The molecule has 1 aliphatic rings. The molecule has 1 fully saturated rings. The zero-order chi connectivity index (χ0) is 17.6. The number of amides is 3. The molecule has 1 aromatic carbocycles. The van der Waals surface area contributed by atoms with E-state index in [1.54, 1.807) is 16.0 Å². The van der Waals surface area contributed by atoms with Crippen molar-refractivity contribution in [3.05, 3.63) is 60.4 Å². The lowest BCUT2D eigenvalue weighted by atomic mass is 10.2. The molecule has 6 nitrogen and oxygen atoms in total. The minimum absolute atomic E-state index is 0.0268.